The molecule has 0 spiro atoms. The van der Waals surface area contributed by atoms with E-state index in [1.54, 1.807) is 6.20 Å². The van der Waals surface area contributed by atoms with Gasteiger partial charge in [0.25, 0.3) is 0 Å². The number of rotatable bonds is 4. The number of methoxy groups -OCH3 is 1. The minimum atomic E-state index is -0.914. The fourth-order valence-electron chi connectivity index (χ4n) is 2.16. The Labute approximate surface area is 94.3 Å². The maximum Gasteiger partial charge on any atom is 0.333 e. The van der Waals surface area contributed by atoms with Crippen LogP contribution in [0.3, 0.4) is 0 Å². The Morgan fingerprint density at radius 3 is 2.75 bits per heavy atom. The first-order valence-corrected chi connectivity index (χ1v) is 5.29. The van der Waals surface area contributed by atoms with Crippen LogP contribution in [0.4, 0.5) is 0 Å². The number of aliphatic carboxylic acids is 1. The summed E-state index contributed by atoms with van der Waals surface area (Å²) in [4.78, 5) is 15.4. The Hall–Kier alpha value is -1.42. The van der Waals surface area contributed by atoms with Crippen molar-refractivity contribution in [1.29, 1.82) is 0 Å². The maximum atomic E-state index is 11.1. The van der Waals surface area contributed by atoms with E-state index < -0.39 is 17.5 Å². The molecule has 1 aromatic heterocycles. The normalized spacial score (nSPS) is 19.1. The second kappa shape index (κ2) is 3.87. The molecule has 2 rings (SSSR count). The third kappa shape index (κ3) is 1.69. The van der Waals surface area contributed by atoms with E-state index in [0.717, 1.165) is 24.1 Å². The van der Waals surface area contributed by atoms with Crippen LogP contribution in [0.15, 0.2) is 18.3 Å². The molecule has 1 fully saturated rings. The van der Waals surface area contributed by atoms with Gasteiger partial charge < -0.3 is 9.84 Å². The molecule has 1 aliphatic rings. The standard InChI is InChI=1S/C12H15NO3/c1-8-3-6-13-9(7-8)12(4-5-12)10(16-2)11(14)15/h3,6-7,10H,4-5H2,1-2H3,(H,14,15). The van der Waals surface area contributed by atoms with Gasteiger partial charge in [0.05, 0.1) is 0 Å². The zero-order valence-electron chi connectivity index (χ0n) is 9.43. The lowest BCUT2D eigenvalue weighted by Gasteiger charge is -2.21. The molecule has 0 radical (unpaired) electrons. The van der Waals surface area contributed by atoms with Crippen molar-refractivity contribution in [3.63, 3.8) is 0 Å². The molecule has 1 atom stereocenters. The summed E-state index contributed by atoms with van der Waals surface area (Å²) >= 11 is 0. The predicted octanol–water partition coefficient (Wildman–Crippen LogP) is 1.52. The molecule has 0 amide bonds. The average molecular weight is 221 g/mol. The molecule has 16 heavy (non-hydrogen) atoms. The molecule has 1 N–H and O–H groups in total. The molecule has 1 unspecified atom stereocenters. The number of ether oxygens (including phenoxy) is 1. The second-order valence-electron chi connectivity index (χ2n) is 4.33. The summed E-state index contributed by atoms with van der Waals surface area (Å²) in [6, 6.07) is 3.85. The molecule has 1 aliphatic carbocycles. The molecule has 1 aromatic rings. The number of nitrogens with zero attached hydrogens (tertiary/aromatic N) is 1. The summed E-state index contributed by atoms with van der Waals surface area (Å²) in [7, 11) is 1.44. The number of pyridine rings is 1. The van der Waals surface area contributed by atoms with E-state index in [1.807, 2.05) is 19.1 Å². The van der Waals surface area contributed by atoms with Gasteiger partial charge in [-0.2, -0.15) is 0 Å². The van der Waals surface area contributed by atoms with Gasteiger partial charge in [-0.1, -0.05) is 0 Å². The molecular formula is C12H15NO3. The van der Waals surface area contributed by atoms with Crippen molar-refractivity contribution in [3.05, 3.63) is 29.6 Å². The van der Waals surface area contributed by atoms with Gasteiger partial charge in [0.2, 0.25) is 0 Å². The topological polar surface area (TPSA) is 59.4 Å². The molecule has 0 aromatic carbocycles. The number of carboxylic acid groups (broad SMARTS) is 1. The predicted molar refractivity (Wildman–Crippen MR) is 58.3 cm³/mol. The van der Waals surface area contributed by atoms with Crippen LogP contribution in [-0.4, -0.2) is 29.3 Å². The Morgan fingerprint density at radius 1 is 1.62 bits per heavy atom. The second-order valence-corrected chi connectivity index (χ2v) is 4.33. The smallest absolute Gasteiger partial charge is 0.333 e. The third-order valence-corrected chi connectivity index (χ3v) is 3.18. The van der Waals surface area contributed by atoms with Crippen molar-refractivity contribution in [1.82, 2.24) is 4.98 Å². The van der Waals surface area contributed by atoms with Gasteiger partial charge in [0.1, 0.15) is 0 Å². The van der Waals surface area contributed by atoms with Gasteiger partial charge in [-0.25, -0.2) is 4.79 Å². The van der Waals surface area contributed by atoms with E-state index in [4.69, 9.17) is 9.84 Å². The van der Waals surface area contributed by atoms with E-state index in [0.29, 0.717) is 0 Å². The minimum Gasteiger partial charge on any atom is -0.479 e. The summed E-state index contributed by atoms with van der Waals surface area (Å²) in [5, 5.41) is 9.13. The monoisotopic (exact) mass is 221 g/mol. The zero-order valence-corrected chi connectivity index (χ0v) is 9.43. The summed E-state index contributed by atoms with van der Waals surface area (Å²) in [5.41, 5.74) is 1.52. The molecule has 1 heterocycles. The molecule has 1 saturated carbocycles. The van der Waals surface area contributed by atoms with E-state index in [1.165, 1.54) is 7.11 Å². The summed E-state index contributed by atoms with van der Waals surface area (Å²) in [6.45, 7) is 1.98. The molecular weight excluding hydrogens is 206 g/mol. The summed E-state index contributed by atoms with van der Waals surface area (Å²) in [5.74, 6) is -0.914. The van der Waals surface area contributed by atoms with Crippen molar-refractivity contribution in [3.8, 4) is 0 Å². The van der Waals surface area contributed by atoms with Crippen LogP contribution in [0.2, 0.25) is 0 Å². The maximum absolute atomic E-state index is 11.1. The van der Waals surface area contributed by atoms with Crippen molar-refractivity contribution >= 4 is 5.97 Å². The number of carboxylic acids is 1. The molecule has 0 saturated heterocycles. The number of hydrogen-bond donors (Lipinski definition) is 1. The Morgan fingerprint density at radius 2 is 2.31 bits per heavy atom. The fourth-order valence-corrected chi connectivity index (χ4v) is 2.16. The van der Waals surface area contributed by atoms with E-state index in [-0.39, 0.29) is 0 Å². The van der Waals surface area contributed by atoms with Gasteiger partial charge in [0.15, 0.2) is 6.10 Å². The van der Waals surface area contributed by atoms with Gasteiger partial charge in [-0.15, -0.1) is 0 Å². The highest BCUT2D eigenvalue weighted by Gasteiger charge is 2.55. The molecule has 0 aliphatic heterocycles. The van der Waals surface area contributed by atoms with Gasteiger partial charge in [-0.05, 0) is 37.5 Å². The number of hydrogen-bond acceptors (Lipinski definition) is 3. The van der Waals surface area contributed by atoms with Crippen molar-refractivity contribution in [2.75, 3.05) is 7.11 Å². The number of aromatic nitrogens is 1. The first-order valence-electron chi connectivity index (χ1n) is 5.29. The average Bonchev–Trinajstić information content (AvgIpc) is 3.00. The lowest BCUT2D eigenvalue weighted by atomic mass is 9.93. The van der Waals surface area contributed by atoms with Crippen LogP contribution in [0, 0.1) is 6.92 Å². The van der Waals surface area contributed by atoms with E-state index in [2.05, 4.69) is 4.98 Å². The highest BCUT2D eigenvalue weighted by molar-refractivity contribution is 5.75. The number of carbonyl (C=O) groups is 1. The SMILES string of the molecule is COC(C(=O)O)C1(c2cc(C)ccn2)CC1. The van der Waals surface area contributed by atoms with Crippen LogP contribution in [0.25, 0.3) is 0 Å². The fraction of sp³-hybridized carbons (Fsp3) is 0.500. The lowest BCUT2D eigenvalue weighted by Crippen LogP contribution is -2.36. The lowest BCUT2D eigenvalue weighted by molar-refractivity contribution is -0.150. The Kier molecular flexibility index (Phi) is 2.68. The van der Waals surface area contributed by atoms with E-state index >= 15 is 0 Å². The minimum absolute atomic E-state index is 0.410. The Balaban J connectivity index is 2.35. The zero-order chi connectivity index (χ0) is 11.8. The molecule has 86 valence electrons. The third-order valence-electron chi connectivity index (χ3n) is 3.18. The van der Waals surface area contributed by atoms with Crippen molar-refractivity contribution in [2.45, 2.75) is 31.3 Å². The highest BCUT2D eigenvalue weighted by atomic mass is 16.5. The van der Waals surface area contributed by atoms with Gasteiger partial charge >= 0.3 is 5.97 Å². The quantitative estimate of drug-likeness (QED) is 0.837. The van der Waals surface area contributed by atoms with E-state index in [9.17, 15) is 4.79 Å². The molecule has 0 bridgehead atoms. The van der Waals surface area contributed by atoms with Crippen molar-refractivity contribution in [2.24, 2.45) is 0 Å². The number of aryl methyl sites for hydroxylation is 1. The highest BCUT2D eigenvalue weighted by Crippen LogP contribution is 2.51. The first-order chi connectivity index (χ1) is 7.60. The van der Waals surface area contributed by atoms with Gasteiger partial charge in [0, 0.05) is 24.4 Å². The molecule has 4 heteroatoms. The Bertz CT molecular complexity index is 412. The summed E-state index contributed by atoms with van der Waals surface area (Å²) in [6.07, 6.45) is 2.59. The van der Waals surface area contributed by atoms with Crippen molar-refractivity contribution < 1.29 is 14.6 Å². The largest absolute Gasteiger partial charge is 0.479 e. The first kappa shape index (κ1) is 11.1. The van der Waals surface area contributed by atoms with Gasteiger partial charge in [-0.3, -0.25) is 4.98 Å². The van der Waals surface area contributed by atoms with Crippen LogP contribution in [0.5, 0.6) is 0 Å². The van der Waals surface area contributed by atoms with Crippen LogP contribution >= 0.6 is 0 Å². The van der Waals surface area contributed by atoms with Crippen LogP contribution < -0.4 is 0 Å². The molecule has 4 nitrogen and oxygen atoms in total. The summed E-state index contributed by atoms with van der Waals surface area (Å²) < 4.78 is 5.09. The van der Waals surface area contributed by atoms with Crippen LogP contribution in [0.1, 0.15) is 24.1 Å². The van der Waals surface area contributed by atoms with Crippen LogP contribution in [-0.2, 0) is 14.9 Å².